The van der Waals surface area contributed by atoms with Crippen molar-refractivity contribution in [3.8, 4) is 17.0 Å². The molecule has 1 aliphatic heterocycles. The van der Waals surface area contributed by atoms with Crippen molar-refractivity contribution in [2.45, 2.75) is 32.8 Å². The van der Waals surface area contributed by atoms with Crippen molar-refractivity contribution >= 4 is 17.0 Å². The number of ether oxygens (including phenoxy) is 1. The summed E-state index contributed by atoms with van der Waals surface area (Å²) < 4.78 is 38.2. The number of benzene rings is 2. The van der Waals surface area contributed by atoms with Gasteiger partial charge in [-0.05, 0) is 32.0 Å². The van der Waals surface area contributed by atoms with Crippen LogP contribution in [0.25, 0.3) is 22.4 Å². The van der Waals surface area contributed by atoms with Gasteiger partial charge in [0.25, 0.3) is 11.6 Å². The Morgan fingerprint density at radius 1 is 1.06 bits per heavy atom. The van der Waals surface area contributed by atoms with Crippen molar-refractivity contribution in [1.29, 1.82) is 0 Å². The zero-order chi connectivity index (χ0) is 23.8. The predicted octanol–water partition coefficient (Wildman–Crippen LogP) is 5.47. The van der Waals surface area contributed by atoms with Gasteiger partial charge in [0.05, 0.1) is 22.3 Å². The van der Waals surface area contributed by atoms with Gasteiger partial charge in [0.15, 0.2) is 11.6 Å². The molecule has 2 aromatic heterocycles. The fourth-order valence-electron chi connectivity index (χ4n) is 4.23. The molecule has 0 atom stereocenters. The van der Waals surface area contributed by atoms with Crippen molar-refractivity contribution in [1.82, 2.24) is 15.0 Å². The van der Waals surface area contributed by atoms with Crippen LogP contribution in [0.4, 0.5) is 8.78 Å². The van der Waals surface area contributed by atoms with Gasteiger partial charge in [-0.25, -0.2) is 13.8 Å². The highest BCUT2D eigenvalue weighted by Crippen LogP contribution is 2.29. The van der Waals surface area contributed by atoms with Crippen LogP contribution in [0.5, 0.6) is 5.75 Å². The van der Waals surface area contributed by atoms with Crippen molar-refractivity contribution < 1.29 is 22.8 Å². The summed E-state index contributed by atoms with van der Waals surface area (Å²) in [6.07, 6.45) is 0.802. The summed E-state index contributed by atoms with van der Waals surface area (Å²) in [7, 11) is 0. The first-order chi connectivity index (χ1) is 16.4. The van der Waals surface area contributed by atoms with Crippen LogP contribution in [0.1, 0.15) is 34.5 Å². The zero-order valence-corrected chi connectivity index (χ0v) is 18.8. The minimum absolute atomic E-state index is 0.0184. The number of aryl methyl sites for hydroxylation is 2. The average molecular weight is 463 g/mol. The summed E-state index contributed by atoms with van der Waals surface area (Å²) in [5.41, 5.74) is 4.06. The molecule has 1 amide bonds. The van der Waals surface area contributed by atoms with Crippen molar-refractivity contribution in [3.05, 3.63) is 77.0 Å². The SMILES string of the molecule is Cc1ccc(-c2cc(C(=O)N3CCC(Oc4ccc(F)cc4F)CC3)c3c(C)noc3n2)cc1. The number of halogens is 2. The van der Waals surface area contributed by atoms with E-state index in [0.29, 0.717) is 54.0 Å². The molecule has 1 fully saturated rings. The lowest BCUT2D eigenvalue weighted by Crippen LogP contribution is -2.42. The van der Waals surface area contributed by atoms with Crippen LogP contribution < -0.4 is 4.74 Å². The third-order valence-corrected chi connectivity index (χ3v) is 6.11. The molecule has 0 radical (unpaired) electrons. The van der Waals surface area contributed by atoms with E-state index in [1.165, 1.54) is 12.1 Å². The van der Waals surface area contributed by atoms with Crippen LogP contribution in [0, 0.1) is 25.5 Å². The Hall–Kier alpha value is -3.81. The topological polar surface area (TPSA) is 68.5 Å². The van der Waals surface area contributed by atoms with Gasteiger partial charge in [-0.3, -0.25) is 4.79 Å². The molecule has 0 saturated carbocycles. The number of nitrogens with zero attached hydrogens (tertiary/aromatic N) is 3. The Labute approximate surface area is 195 Å². The van der Waals surface area contributed by atoms with Crippen molar-refractivity contribution in [2.24, 2.45) is 0 Å². The van der Waals surface area contributed by atoms with Crippen LogP contribution in [0.3, 0.4) is 0 Å². The number of pyridine rings is 1. The van der Waals surface area contributed by atoms with Gasteiger partial charge >= 0.3 is 0 Å². The minimum atomic E-state index is -0.732. The highest BCUT2D eigenvalue weighted by Gasteiger charge is 2.28. The summed E-state index contributed by atoms with van der Waals surface area (Å²) in [4.78, 5) is 19.9. The lowest BCUT2D eigenvalue weighted by Gasteiger charge is -2.32. The van der Waals surface area contributed by atoms with Gasteiger partial charge < -0.3 is 14.2 Å². The van der Waals surface area contributed by atoms with Gasteiger partial charge in [-0.2, -0.15) is 0 Å². The summed E-state index contributed by atoms with van der Waals surface area (Å²) >= 11 is 0. The van der Waals surface area contributed by atoms with Crippen LogP contribution >= 0.6 is 0 Å². The second-order valence-electron chi connectivity index (χ2n) is 8.55. The predicted molar refractivity (Wildman–Crippen MR) is 123 cm³/mol. The number of carbonyl (C=O) groups excluding carboxylic acids is 1. The van der Waals surface area contributed by atoms with Crippen LogP contribution in [-0.4, -0.2) is 40.1 Å². The summed E-state index contributed by atoms with van der Waals surface area (Å²) in [5, 5.41) is 4.62. The van der Waals surface area contributed by atoms with Gasteiger partial charge in [0.1, 0.15) is 11.9 Å². The van der Waals surface area contributed by atoms with E-state index in [-0.39, 0.29) is 17.8 Å². The molecule has 3 heterocycles. The Bertz CT molecular complexity index is 1360. The van der Waals surface area contributed by atoms with Gasteiger partial charge in [0.2, 0.25) is 0 Å². The molecular weight excluding hydrogens is 440 g/mol. The van der Waals surface area contributed by atoms with Gasteiger partial charge in [-0.1, -0.05) is 35.0 Å². The first-order valence-corrected chi connectivity index (χ1v) is 11.1. The second kappa shape index (κ2) is 8.85. The first kappa shape index (κ1) is 22.0. The van der Waals surface area contributed by atoms with Crippen molar-refractivity contribution in [2.75, 3.05) is 13.1 Å². The molecule has 0 N–H and O–H groups in total. The lowest BCUT2D eigenvalue weighted by atomic mass is 10.0. The quantitative estimate of drug-likeness (QED) is 0.402. The van der Waals surface area contributed by atoms with E-state index in [4.69, 9.17) is 9.26 Å². The number of amides is 1. The number of hydrogen-bond donors (Lipinski definition) is 0. The minimum Gasteiger partial charge on any atom is -0.487 e. The molecule has 4 aromatic rings. The molecule has 1 aliphatic rings. The first-order valence-electron chi connectivity index (χ1n) is 11.1. The van der Waals surface area contributed by atoms with E-state index in [0.717, 1.165) is 17.2 Å². The van der Waals surface area contributed by atoms with Crippen LogP contribution in [0.2, 0.25) is 0 Å². The lowest BCUT2D eigenvalue weighted by molar-refractivity contribution is 0.0590. The maximum Gasteiger partial charge on any atom is 0.259 e. The molecule has 8 heteroatoms. The molecule has 5 rings (SSSR count). The number of fused-ring (bicyclic) bond motifs is 1. The highest BCUT2D eigenvalue weighted by molar-refractivity contribution is 6.07. The zero-order valence-electron chi connectivity index (χ0n) is 18.8. The number of carbonyl (C=O) groups is 1. The van der Waals surface area contributed by atoms with E-state index < -0.39 is 11.6 Å². The van der Waals surface area contributed by atoms with E-state index in [2.05, 4.69) is 10.1 Å². The Morgan fingerprint density at radius 3 is 2.50 bits per heavy atom. The third kappa shape index (κ3) is 4.23. The number of hydrogen-bond acceptors (Lipinski definition) is 5. The number of likely N-dealkylation sites (tertiary alicyclic amines) is 1. The van der Waals surface area contributed by atoms with E-state index in [1.807, 2.05) is 31.2 Å². The molecule has 0 bridgehead atoms. The largest absolute Gasteiger partial charge is 0.487 e. The van der Waals surface area contributed by atoms with Gasteiger partial charge in [0, 0.05) is 37.6 Å². The Balaban J connectivity index is 1.37. The fraction of sp³-hybridized carbons (Fsp3) is 0.269. The molecule has 1 saturated heterocycles. The normalized spacial score (nSPS) is 14.5. The molecule has 0 aliphatic carbocycles. The molecule has 0 unspecified atom stereocenters. The highest BCUT2D eigenvalue weighted by atomic mass is 19.1. The van der Waals surface area contributed by atoms with Crippen LogP contribution in [-0.2, 0) is 0 Å². The summed E-state index contributed by atoms with van der Waals surface area (Å²) in [5.74, 6) is -1.50. The average Bonchev–Trinajstić information content (AvgIpc) is 3.21. The Kier molecular flexibility index (Phi) is 5.73. The second-order valence-corrected chi connectivity index (χ2v) is 8.55. The van der Waals surface area contributed by atoms with E-state index in [1.54, 1.807) is 17.9 Å². The van der Waals surface area contributed by atoms with E-state index in [9.17, 15) is 13.6 Å². The molecule has 2 aromatic carbocycles. The monoisotopic (exact) mass is 463 g/mol. The third-order valence-electron chi connectivity index (χ3n) is 6.11. The molecule has 0 spiro atoms. The summed E-state index contributed by atoms with van der Waals surface area (Å²) in [6.45, 7) is 4.68. The number of aromatic nitrogens is 2. The van der Waals surface area contributed by atoms with Crippen LogP contribution in [0.15, 0.2) is 53.1 Å². The number of rotatable bonds is 4. The summed E-state index contributed by atoms with van der Waals surface area (Å²) in [6, 6.07) is 12.9. The Morgan fingerprint density at radius 2 is 1.79 bits per heavy atom. The molecule has 174 valence electrons. The maximum absolute atomic E-state index is 13.9. The van der Waals surface area contributed by atoms with E-state index >= 15 is 0 Å². The standard InChI is InChI=1S/C26H23F2N3O3/c1-15-3-5-17(6-4-15)22-14-20(24-16(2)30-34-25(24)29-22)26(32)31-11-9-19(10-12-31)33-23-8-7-18(27)13-21(23)28/h3-8,13-14,19H,9-12H2,1-2H3. The van der Waals surface area contributed by atoms with Crippen molar-refractivity contribution in [3.63, 3.8) is 0 Å². The smallest absolute Gasteiger partial charge is 0.259 e. The molecular formula is C26H23F2N3O3. The number of piperidine rings is 1. The molecule has 6 nitrogen and oxygen atoms in total. The van der Waals surface area contributed by atoms with Gasteiger partial charge in [-0.15, -0.1) is 0 Å². The molecule has 34 heavy (non-hydrogen) atoms. The maximum atomic E-state index is 13.9. The fourth-order valence-corrected chi connectivity index (χ4v) is 4.23.